The molecule has 4 N–H and O–H groups in total. The minimum absolute atomic E-state index is 0.000530. The molecule has 0 radical (unpaired) electrons. The molecule has 0 atom stereocenters. The third-order valence-electron chi connectivity index (χ3n) is 6.31. The number of anilines is 3. The van der Waals surface area contributed by atoms with Crippen LogP contribution in [0.15, 0.2) is 65.1 Å². The van der Waals surface area contributed by atoms with E-state index in [0.29, 0.717) is 46.2 Å². The average molecular weight is 615 g/mol. The van der Waals surface area contributed by atoms with E-state index >= 15 is 0 Å². The van der Waals surface area contributed by atoms with Crippen LogP contribution in [0.1, 0.15) is 60.0 Å². The number of aliphatic hydroxyl groups is 1. The Morgan fingerprint density at radius 1 is 0.949 bits per heavy atom. The number of hydrogen-bond donors (Lipinski definition) is 3. The standard InChI is InChI=1S/C30H33BrClN3O4/c1-20-8-4-5-9-23(20)30(39)24-12-11-22(19-25(24)32)34-26-13-10-21(31)18-27(26)35(16-6-2-3-7-17-36)29(38)15-14-28(33)37/h4-5,8-13,18-19,34,36H,2-3,6-7,14-17H2,1H3,(H2,33,37). The van der Waals surface area contributed by atoms with Gasteiger partial charge < -0.3 is 21.1 Å². The van der Waals surface area contributed by atoms with Crippen molar-refractivity contribution in [3.8, 4) is 0 Å². The number of aryl methyl sites for hydroxylation is 1. The van der Waals surface area contributed by atoms with E-state index in [9.17, 15) is 14.4 Å². The maximum Gasteiger partial charge on any atom is 0.227 e. The highest BCUT2D eigenvalue weighted by molar-refractivity contribution is 9.10. The molecule has 0 aliphatic heterocycles. The number of nitrogens with zero attached hydrogens (tertiary/aromatic N) is 1. The Labute approximate surface area is 242 Å². The van der Waals surface area contributed by atoms with E-state index in [1.807, 2.05) is 43.3 Å². The van der Waals surface area contributed by atoms with Gasteiger partial charge in [0.15, 0.2) is 5.78 Å². The van der Waals surface area contributed by atoms with Gasteiger partial charge in [0.2, 0.25) is 11.8 Å². The fraction of sp³-hybridized carbons (Fsp3) is 0.300. The third kappa shape index (κ3) is 8.65. The van der Waals surface area contributed by atoms with Crippen LogP contribution >= 0.6 is 27.5 Å². The zero-order valence-electron chi connectivity index (χ0n) is 21.9. The fourth-order valence-corrected chi connectivity index (χ4v) is 4.83. The number of nitrogens with two attached hydrogens (primary N) is 1. The number of primary amides is 1. The van der Waals surface area contributed by atoms with Crippen molar-refractivity contribution < 1.29 is 19.5 Å². The van der Waals surface area contributed by atoms with Crippen molar-refractivity contribution in [3.05, 3.63) is 86.8 Å². The molecule has 3 aromatic rings. The lowest BCUT2D eigenvalue weighted by atomic mass is 9.99. The van der Waals surface area contributed by atoms with E-state index in [1.165, 1.54) is 0 Å². The summed E-state index contributed by atoms with van der Waals surface area (Å²) in [4.78, 5) is 39.3. The maximum atomic E-state index is 13.2. The van der Waals surface area contributed by atoms with E-state index in [-0.39, 0.29) is 31.1 Å². The van der Waals surface area contributed by atoms with Crippen LogP contribution in [-0.2, 0) is 9.59 Å². The summed E-state index contributed by atoms with van der Waals surface area (Å²) >= 11 is 10.1. The molecule has 0 aliphatic carbocycles. The quantitative estimate of drug-likeness (QED) is 0.141. The first-order valence-corrected chi connectivity index (χ1v) is 14.0. The number of carbonyl (C=O) groups is 3. The normalized spacial score (nSPS) is 10.8. The number of nitrogens with one attached hydrogen (secondary N) is 1. The lowest BCUT2D eigenvalue weighted by Crippen LogP contribution is -2.33. The van der Waals surface area contributed by atoms with Gasteiger partial charge in [0, 0.05) is 47.3 Å². The monoisotopic (exact) mass is 613 g/mol. The molecule has 2 amide bonds. The van der Waals surface area contributed by atoms with E-state index in [1.54, 1.807) is 29.2 Å². The molecule has 3 aromatic carbocycles. The number of carbonyl (C=O) groups excluding carboxylic acids is 3. The minimum Gasteiger partial charge on any atom is -0.396 e. The number of rotatable bonds is 14. The van der Waals surface area contributed by atoms with Crippen LogP contribution < -0.4 is 16.0 Å². The summed E-state index contributed by atoms with van der Waals surface area (Å²) in [7, 11) is 0. The number of amides is 2. The van der Waals surface area contributed by atoms with Crippen LogP contribution in [0.5, 0.6) is 0 Å². The van der Waals surface area contributed by atoms with Gasteiger partial charge in [-0.2, -0.15) is 0 Å². The van der Waals surface area contributed by atoms with Gasteiger partial charge in [-0.05, 0) is 61.7 Å². The second-order valence-corrected chi connectivity index (χ2v) is 10.6. The summed E-state index contributed by atoms with van der Waals surface area (Å²) in [6.45, 7) is 2.47. The molecule has 0 saturated heterocycles. The van der Waals surface area contributed by atoms with Gasteiger partial charge in [-0.3, -0.25) is 14.4 Å². The Balaban J connectivity index is 1.88. The number of benzene rings is 3. The van der Waals surface area contributed by atoms with Crippen molar-refractivity contribution in [1.82, 2.24) is 0 Å². The van der Waals surface area contributed by atoms with Gasteiger partial charge in [-0.1, -0.05) is 64.6 Å². The number of aliphatic hydroxyl groups excluding tert-OH is 1. The van der Waals surface area contributed by atoms with Crippen LogP contribution in [0.25, 0.3) is 0 Å². The predicted octanol–water partition coefficient (Wildman–Crippen LogP) is 6.54. The van der Waals surface area contributed by atoms with E-state index in [2.05, 4.69) is 21.2 Å². The topological polar surface area (TPSA) is 113 Å². The smallest absolute Gasteiger partial charge is 0.227 e. The van der Waals surface area contributed by atoms with Gasteiger partial charge in [-0.25, -0.2) is 0 Å². The summed E-state index contributed by atoms with van der Waals surface area (Å²) in [5.41, 5.74) is 9.11. The van der Waals surface area contributed by atoms with Gasteiger partial charge in [-0.15, -0.1) is 0 Å². The molecular weight excluding hydrogens is 582 g/mol. The Hall–Kier alpha value is -3.20. The van der Waals surface area contributed by atoms with Crippen molar-refractivity contribution >= 4 is 62.2 Å². The minimum atomic E-state index is -0.534. The van der Waals surface area contributed by atoms with Crippen LogP contribution in [0, 0.1) is 6.92 Å². The Morgan fingerprint density at radius 2 is 1.69 bits per heavy atom. The molecular formula is C30H33BrClN3O4. The largest absolute Gasteiger partial charge is 0.396 e. The van der Waals surface area contributed by atoms with Crippen molar-refractivity contribution in [2.75, 3.05) is 23.4 Å². The molecule has 0 heterocycles. The summed E-state index contributed by atoms with van der Waals surface area (Å²) < 4.78 is 0.785. The maximum absolute atomic E-state index is 13.2. The molecule has 7 nitrogen and oxygen atoms in total. The number of halogens is 2. The average Bonchev–Trinajstić information content (AvgIpc) is 2.90. The lowest BCUT2D eigenvalue weighted by Gasteiger charge is -2.26. The van der Waals surface area contributed by atoms with Gasteiger partial charge in [0.1, 0.15) is 0 Å². The molecule has 0 aromatic heterocycles. The van der Waals surface area contributed by atoms with E-state index in [4.69, 9.17) is 22.4 Å². The zero-order chi connectivity index (χ0) is 28.4. The molecule has 0 spiro atoms. The van der Waals surface area contributed by atoms with E-state index < -0.39 is 5.91 Å². The SMILES string of the molecule is Cc1ccccc1C(=O)c1ccc(Nc2ccc(Br)cc2N(CCCCCCO)C(=O)CCC(N)=O)cc1Cl. The van der Waals surface area contributed by atoms with Gasteiger partial charge in [0.05, 0.1) is 16.4 Å². The Bertz CT molecular complexity index is 1330. The Morgan fingerprint density at radius 3 is 2.38 bits per heavy atom. The first kappa shape index (κ1) is 30.3. The molecule has 206 valence electrons. The first-order chi connectivity index (χ1) is 18.7. The lowest BCUT2D eigenvalue weighted by molar-refractivity contribution is -0.123. The zero-order valence-corrected chi connectivity index (χ0v) is 24.2. The number of unbranched alkanes of at least 4 members (excludes halogenated alkanes) is 3. The van der Waals surface area contributed by atoms with Crippen LogP contribution in [0.2, 0.25) is 5.02 Å². The third-order valence-corrected chi connectivity index (χ3v) is 7.12. The summed E-state index contributed by atoms with van der Waals surface area (Å²) in [6.07, 6.45) is 3.11. The van der Waals surface area contributed by atoms with Gasteiger partial charge in [0.25, 0.3) is 0 Å². The summed E-state index contributed by atoms with van der Waals surface area (Å²) in [6, 6.07) is 18.1. The highest BCUT2D eigenvalue weighted by atomic mass is 79.9. The van der Waals surface area contributed by atoms with Crippen molar-refractivity contribution in [2.45, 2.75) is 45.4 Å². The summed E-state index contributed by atoms with van der Waals surface area (Å²) in [5, 5.41) is 12.7. The van der Waals surface area contributed by atoms with Crippen molar-refractivity contribution in [2.24, 2.45) is 5.73 Å². The molecule has 0 saturated carbocycles. The Kier molecular flexibility index (Phi) is 11.5. The molecule has 0 fully saturated rings. The molecule has 9 heteroatoms. The number of hydrogen-bond acceptors (Lipinski definition) is 5. The van der Waals surface area contributed by atoms with Crippen LogP contribution in [-0.4, -0.2) is 35.9 Å². The van der Waals surface area contributed by atoms with Gasteiger partial charge >= 0.3 is 0 Å². The molecule has 3 rings (SSSR count). The molecule has 39 heavy (non-hydrogen) atoms. The fourth-order valence-electron chi connectivity index (χ4n) is 4.22. The molecule has 0 bridgehead atoms. The summed E-state index contributed by atoms with van der Waals surface area (Å²) in [5.74, 6) is -0.899. The molecule has 0 unspecified atom stereocenters. The highest BCUT2D eigenvalue weighted by Crippen LogP contribution is 2.34. The van der Waals surface area contributed by atoms with E-state index in [0.717, 1.165) is 29.3 Å². The van der Waals surface area contributed by atoms with Crippen LogP contribution in [0.4, 0.5) is 17.1 Å². The molecule has 0 aliphatic rings. The highest BCUT2D eigenvalue weighted by Gasteiger charge is 2.21. The second-order valence-electron chi connectivity index (χ2n) is 9.27. The van der Waals surface area contributed by atoms with Crippen LogP contribution in [0.3, 0.4) is 0 Å². The predicted molar refractivity (Wildman–Crippen MR) is 160 cm³/mol. The van der Waals surface area contributed by atoms with Crippen molar-refractivity contribution in [1.29, 1.82) is 0 Å². The van der Waals surface area contributed by atoms with Crippen molar-refractivity contribution in [3.63, 3.8) is 0 Å². The number of ketones is 1. The first-order valence-electron chi connectivity index (χ1n) is 12.9. The second kappa shape index (κ2) is 14.8.